The Morgan fingerprint density at radius 3 is 2.52 bits per heavy atom. The molecular formula is C18H20N4S. The first-order valence-electron chi connectivity index (χ1n) is 7.53. The highest BCUT2D eigenvalue weighted by atomic mass is 32.1. The van der Waals surface area contributed by atoms with E-state index in [0.29, 0.717) is 6.54 Å². The number of rotatable bonds is 4. The monoisotopic (exact) mass is 324 g/mol. The second kappa shape index (κ2) is 6.48. The van der Waals surface area contributed by atoms with Crippen molar-refractivity contribution in [2.45, 2.75) is 26.8 Å². The van der Waals surface area contributed by atoms with E-state index in [1.165, 1.54) is 0 Å². The van der Waals surface area contributed by atoms with E-state index in [4.69, 9.17) is 16.5 Å². The van der Waals surface area contributed by atoms with Crippen LogP contribution in [0.1, 0.15) is 27.5 Å². The molecule has 0 atom stereocenters. The molecule has 0 fully saturated rings. The Balaban J connectivity index is 1.83. The molecule has 0 aliphatic carbocycles. The summed E-state index contributed by atoms with van der Waals surface area (Å²) in [5.74, 6) is 0. The minimum absolute atomic E-state index is 0.560. The minimum Gasteiger partial charge on any atom is -0.397 e. The number of hydrogen-bond donors (Lipinski definition) is 2. The van der Waals surface area contributed by atoms with Crippen molar-refractivity contribution >= 4 is 17.0 Å². The van der Waals surface area contributed by atoms with E-state index in [9.17, 15) is 0 Å². The number of benzene rings is 1. The second-order valence-corrected chi connectivity index (χ2v) is 6.57. The Morgan fingerprint density at radius 1 is 1.09 bits per heavy atom. The topological polar surface area (TPSA) is 77.8 Å². The van der Waals surface area contributed by atoms with Gasteiger partial charge in [-0.1, -0.05) is 24.3 Å². The average Bonchev–Trinajstić information content (AvgIpc) is 3.01. The summed E-state index contributed by atoms with van der Waals surface area (Å²) in [5.41, 5.74) is 18.5. The summed E-state index contributed by atoms with van der Waals surface area (Å²) in [5, 5.41) is 3.15. The Morgan fingerprint density at radius 2 is 1.83 bits per heavy atom. The van der Waals surface area contributed by atoms with Crippen LogP contribution in [0.4, 0.5) is 5.69 Å². The Hall–Kier alpha value is -2.24. The number of pyridine rings is 1. The van der Waals surface area contributed by atoms with E-state index in [2.05, 4.69) is 22.5 Å². The van der Waals surface area contributed by atoms with Crippen LogP contribution in [-0.4, -0.2) is 9.97 Å². The van der Waals surface area contributed by atoms with E-state index in [-0.39, 0.29) is 0 Å². The van der Waals surface area contributed by atoms with Gasteiger partial charge in [0.25, 0.3) is 0 Å². The van der Waals surface area contributed by atoms with Crippen molar-refractivity contribution in [1.29, 1.82) is 0 Å². The van der Waals surface area contributed by atoms with Crippen molar-refractivity contribution in [3.8, 4) is 11.3 Å². The van der Waals surface area contributed by atoms with Crippen LogP contribution in [0.2, 0.25) is 0 Å². The van der Waals surface area contributed by atoms with Gasteiger partial charge in [-0.2, -0.15) is 0 Å². The number of nitrogens with zero attached hydrogens (tertiary/aromatic N) is 2. The van der Waals surface area contributed by atoms with Crippen molar-refractivity contribution < 1.29 is 0 Å². The lowest BCUT2D eigenvalue weighted by atomic mass is 10.1. The number of nitrogen functional groups attached to an aromatic ring is 1. The third kappa shape index (κ3) is 3.41. The smallest absolute Gasteiger partial charge is 0.0992 e. The molecule has 118 valence electrons. The zero-order valence-corrected chi connectivity index (χ0v) is 14.2. The summed E-state index contributed by atoms with van der Waals surface area (Å²) in [7, 11) is 0. The molecule has 0 aliphatic heterocycles. The van der Waals surface area contributed by atoms with Crippen molar-refractivity contribution in [2.24, 2.45) is 5.73 Å². The normalized spacial score (nSPS) is 10.9. The first-order chi connectivity index (χ1) is 11.1. The van der Waals surface area contributed by atoms with Gasteiger partial charge < -0.3 is 11.5 Å². The third-order valence-electron chi connectivity index (χ3n) is 3.90. The van der Waals surface area contributed by atoms with Gasteiger partial charge in [-0.15, -0.1) is 11.3 Å². The lowest BCUT2D eigenvalue weighted by Crippen LogP contribution is -2.01. The predicted octanol–water partition coefficient (Wildman–Crippen LogP) is 3.45. The van der Waals surface area contributed by atoms with Gasteiger partial charge in [-0.3, -0.25) is 4.98 Å². The van der Waals surface area contributed by atoms with Gasteiger partial charge in [0.05, 0.1) is 27.8 Å². The molecule has 2 heterocycles. The van der Waals surface area contributed by atoms with E-state index >= 15 is 0 Å². The molecule has 0 amide bonds. The van der Waals surface area contributed by atoms with Gasteiger partial charge in [0.15, 0.2) is 0 Å². The number of aromatic nitrogens is 2. The fourth-order valence-electron chi connectivity index (χ4n) is 2.43. The lowest BCUT2D eigenvalue weighted by Gasteiger charge is -2.07. The molecule has 0 spiro atoms. The molecule has 2 aromatic heterocycles. The van der Waals surface area contributed by atoms with E-state index < -0.39 is 0 Å². The molecule has 0 saturated carbocycles. The quantitative estimate of drug-likeness (QED) is 0.770. The Kier molecular flexibility index (Phi) is 4.41. The second-order valence-electron chi connectivity index (χ2n) is 5.63. The SMILES string of the molecule is Cc1cc(N)c(C)nc1Cc1nc(-c2ccc(CN)cc2)cs1. The molecule has 4 N–H and O–H groups in total. The van der Waals surface area contributed by atoms with Crippen LogP contribution in [0.5, 0.6) is 0 Å². The van der Waals surface area contributed by atoms with Crippen LogP contribution in [0.25, 0.3) is 11.3 Å². The molecule has 0 unspecified atom stereocenters. The number of nitrogens with two attached hydrogens (primary N) is 2. The maximum Gasteiger partial charge on any atom is 0.0992 e. The molecule has 4 nitrogen and oxygen atoms in total. The van der Waals surface area contributed by atoms with Crippen LogP contribution < -0.4 is 11.5 Å². The van der Waals surface area contributed by atoms with Crippen molar-refractivity contribution in [3.05, 3.63) is 63.2 Å². The van der Waals surface area contributed by atoms with Crippen LogP contribution >= 0.6 is 11.3 Å². The molecule has 1 aromatic carbocycles. The largest absolute Gasteiger partial charge is 0.397 e. The highest BCUT2D eigenvalue weighted by Crippen LogP contribution is 2.25. The Labute approximate surface area is 140 Å². The molecule has 3 aromatic rings. The van der Waals surface area contributed by atoms with Gasteiger partial charge >= 0.3 is 0 Å². The van der Waals surface area contributed by atoms with E-state index in [1.54, 1.807) is 11.3 Å². The maximum atomic E-state index is 5.90. The number of hydrogen-bond acceptors (Lipinski definition) is 5. The molecule has 23 heavy (non-hydrogen) atoms. The summed E-state index contributed by atoms with van der Waals surface area (Å²) in [6.07, 6.45) is 0.735. The number of aryl methyl sites for hydroxylation is 2. The van der Waals surface area contributed by atoms with Crippen LogP contribution in [0.3, 0.4) is 0 Å². The molecule has 3 rings (SSSR count). The molecule has 0 bridgehead atoms. The van der Waals surface area contributed by atoms with Crippen LogP contribution in [0, 0.1) is 13.8 Å². The predicted molar refractivity (Wildman–Crippen MR) is 96.4 cm³/mol. The standard InChI is InChI=1S/C18H20N4S/c1-11-7-15(20)12(2)21-16(11)8-18-22-17(10-23-18)14-5-3-13(9-19)4-6-14/h3-7,10H,8-9,19-20H2,1-2H3. The highest BCUT2D eigenvalue weighted by molar-refractivity contribution is 7.10. The van der Waals surface area contributed by atoms with Gasteiger partial charge in [-0.25, -0.2) is 4.98 Å². The summed E-state index contributed by atoms with van der Waals surface area (Å²) in [4.78, 5) is 9.34. The molecule has 0 radical (unpaired) electrons. The van der Waals surface area contributed by atoms with Crippen LogP contribution in [-0.2, 0) is 13.0 Å². The van der Waals surface area contributed by atoms with Gasteiger partial charge in [0, 0.05) is 23.9 Å². The number of thiazole rings is 1. The first kappa shape index (κ1) is 15.6. The summed E-state index contributed by atoms with van der Waals surface area (Å²) in [6, 6.07) is 10.2. The molecule has 5 heteroatoms. The van der Waals surface area contributed by atoms with Crippen molar-refractivity contribution in [3.63, 3.8) is 0 Å². The minimum atomic E-state index is 0.560. The van der Waals surface area contributed by atoms with Crippen LogP contribution in [0.15, 0.2) is 35.7 Å². The Bertz CT molecular complexity index is 822. The molecular weight excluding hydrogens is 304 g/mol. The summed E-state index contributed by atoms with van der Waals surface area (Å²) >= 11 is 1.66. The molecule has 0 saturated heterocycles. The van der Waals surface area contributed by atoms with Gasteiger partial charge in [0.1, 0.15) is 0 Å². The summed E-state index contributed by atoms with van der Waals surface area (Å²) in [6.45, 7) is 4.53. The molecule has 0 aliphatic rings. The van der Waals surface area contributed by atoms with Crippen molar-refractivity contribution in [2.75, 3.05) is 5.73 Å². The van der Waals surface area contributed by atoms with E-state index in [0.717, 1.165) is 50.9 Å². The zero-order valence-electron chi connectivity index (χ0n) is 13.3. The fraction of sp³-hybridized carbons (Fsp3) is 0.222. The van der Waals surface area contributed by atoms with Crippen molar-refractivity contribution in [1.82, 2.24) is 9.97 Å². The maximum absolute atomic E-state index is 5.90. The third-order valence-corrected chi connectivity index (χ3v) is 4.75. The highest BCUT2D eigenvalue weighted by Gasteiger charge is 2.09. The average molecular weight is 324 g/mol. The zero-order chi connectivity index (χ0) is 16.4. The number of anilines is 1. The lowest BCUT2D eigenvalue weighted by molar-refractivity contribution is 1.00. The van der Waals surface area contributed by atoms with E-state index in [1.807, 2.05) is 32.0 Å². The van der Waals surface area contributed by atoms with Gasteiger partial charge in [-0.05, 0) is 31.0 Å². The fourth-order valence-corrected chi connectivity index (χ4v) is 3.24. The summed E-state index contributed by atoms with van der Waals surface area (Å²) < 4.78 is 0. The first-order valence-corrected chi connectivity index (χ1v) is 8.41. The van der Waals surface area contributed by atoms with Gasteiger partial charge in [0.2, 0.25) is 0 Å².